The first-order chi connectivity index (χ1) is 13.7. The molecule has 0 saturated carbocycles. The van der Waals surface area contributed by atoms with Gasteiger partial charge >= 0.3 is 0 Å². The third kappa shape index (κ3) is 3.99. The van der Waals surface area contributed by atoms with Crippen molar-refractivity contribution in [1.29, 1.82) is 0 Å². The van der Waals surface area contributed by atoms with E-state index in [1.54, 1.807) is 24.5 Å². The van der Waals surface area contributed by atoms with Crippen LogP contribution in [0.4, 0.5) is 0 Å². The van der Waals surface area contributed by atoms with Crippen molar-refractivity contribution in [1.82, 2.24) is 19.0 Å². The van der Waals surface area contributed by atoms with Crippen LogP contribution in [0.25, 0.3) is 11.0 Å². The van der Waals surface area contributed by atoms with Gasteiger partial charge in [0.15, 0.2) is 6.61 Å². The predicted octanol–water partition coefficient (Wildman–Crippen LogP) is 3.68. The molecule has 1 N–H and O–H groups in total. The number of aromatic nitrogens is 3. The molecule has 140 valence electrons. The Morgan fingerprint density at radius 2 is 1.86 bits per heavy atom. The van der Waals surface area contributed by atoms with Crippen molar-refractivity contribution in [2.75, 3.05) is 6.61 Å². The maximum absolute atomic E-state index is 12.6. The van der Waals surface area contributed by atoms with Gasteiger partial charge in [-0.1, -0.05) is 24.3 Å². The Kier molecular flexibility index (Phi) is 5.25. The van der Waals surface area contributed by atoms with Crippen molar-refractivity contribution < 1.29 is 9.53 Å². The topological polar surface area (TPSA) is 77.0 Å². The standard InChI is InChI=1S/C21H18N4O2S/c1-14-4-2-3-5-17(14)21(15-8-10-22-11-9-15)23-20(26)13-27-16-6-7-18-19(12-16)25-28-24-18/h2-12,21H,13H2,1H3,(H,23,26)/t21-/m0/s1. The number of carbonyl (C=O) groups is 1. The third-order valence-electron chi connectivity index (χ3n) is 4.44. The van der Waals surface area contributed by atoms with Crippen LogP contribution in [0.1, 0.15) is 22.7 Å². The monoisotopic (exact) mass is 390 g/mol. The van der Waals surface area contributed by atoms with Crippen LogP contribution in [0.3, 0.4) is 0 Å². The van der Waals surface area contributed by atoms with E-state index in [0.29, 0.717) is 5.75 Å². The van der Waals surface area contributed by atoms with Gasteiger partial charge < -0.3 is 10.1 Å². The molecule has 7 heteroatoms. The summed E-state index contributed by atoms with van der Waals surface area (Å²) in [6, 6.07) is 16.9. The number of benzene rings is 2. The van der Waals surface area contributed by atoms with Gasteiger partial charge in [0.05, 0.1) is 17.8 Å². The quantitative estimate of drug-likeness (QED) is 0.543. The fourth-order valence-electron chi connectivity index (χ4n) is 3.01. The van der Waals surface area contributed by atoms with E-state index < -0.39 is 0 Å². The highest BCUT2D eigenvalue weighted by Gasteiger charge is 2.18. The summed E-state index contributed by atoms with van der Waals surface area (Å²) in [5.74, 6) is 0.383. The lowest BCUT2D eigenvalue weighted by molar-refractivity contribution is -0.123. The summed E-state index contributed by atoms with van der Waals surface area (Å²) in [5.41, 5.74) is 4.69. The molecule has 0 aliphatic rings. The van der Waals surface area contributed by atoms with Gasteiger partial charge in [0.25, 0.3) is 5.91 Å². The first-order valence-corrected chi connectivity index (χ1v) is 9.53. The summed E-state index contributed by atoms with van der Waals surface area (Å²) in [7, 11) is 0. The lowest BCUT2D eigenvalue weighted by atomic mass is 9.95. The Bertz CT molecular complexity index is 1100. The van der Waals surface area contributed by atoms with Crippen molar-refractivity contribution in [2.45, 2.75) is 13.0 Å². The van der Waals surface area contributed by atoms with Crippen LogP contribution in [-0.2, 0) is 4.79 Å². The molecular weight excluding hydrogens is 372 g/mol. The van der Waals surface area contributed by atoms with Gasteiger partial charge in [-0.2, -0.15) is 8.75 Å². The normalized spacial score (nSPS) is 11.9. The third-order valence-corrected chi connectivity index (χ3v) is 5.00. The molecule has 4 aromatic rings. The van der Waals surface area contributed by atoms with E-state index in [1.807, 2.05) is 49.4 Å². The number of hydrogen-bond donors (Lipinski definition) is 1. The summed E-state index contributed by atoms with van der Waals surface area (Å²) in [5, 5.41) is 3.08. The Morgan fingerprint density at radius 3 is 2.68 bits per heavy atom. The van der Waals surface area contributed by atoms with Crippen molar-refractivity contribution in [2.24, 2.45) is 0 Å². The Morgan fingerprint density at radius 1 is 1.07 bits per heavy atom. The molecule has 0 spiro atoms. The number of aryl methyl sites for hydroxylation is 1. The zero-order chi connectivity index (χ0) is 19.3. The minimum absolute atomic E-state index is 0.0868. The molecule has 0 aliphatic carbocycles. The average molecular weight is 390 g/mol. The van der Waals surface area contributed by atoms with E-state index in [9.17, 15) is 4.79 Å². The summed E-state index contributed by atoms with van der Waals surface area (Å²) in [6.45, 7) is 1.94. The minimum Gasteiger partial charge on any atom is -0.484 e. The van der Waals surface area contributed by atoms with Gasteiger partial charge in [-0.15, -0.1) is 0 Å². The average Bonchev–Trinajstić information content (AvgIpc) is 3.20. The largest absolute Gasteiger partial charge is 0.484 e. The lowest BCUT2D eigenvalue weighted by Gasteiger charge is -2.21. The number of hydrogen-bond acceptors (Lipinski definition) is 6. The van der Waals surface area contributed by atoms with Gasteiger partial charge in [-0.05, 0) is 47.9 Å². The highest BCUT2D eigenvalue weighted by molar-refractivity contribution is 7.00. The fraction of sp³-hybridized carbons (Fsp3) is 0.143. The molecule has 0 unspecified atom stereocenters. The van der Waals surface area contributed by atoms with Crippen molar-refractivity contribution >= 4 is 28.7 Å². The molecule has 0 radical (unpaired) electrons. The highest BCUT2D eigenvalue weighted by Crippen LogP contribution is 2.24. The maximum atomic E-state index is 12.6. The van der Waals surface area contributed by atoms with Gasteiger partial charge in [0.2, 0.25) is 0 Å². The van der Waals surface area contributed by atoms with Gasteiger partial charge in [-0.3, -0.25) is 9.78 Å². The lowest BCUT2D eigenvalue weighted by Crippen LogP contribution is -2.33. The molecule has 0 aliphatic heterocycles. The molecule has 2 heterocycles. The van der Waals surface area contributed by atoms with Crippen LogP contribution < -0.4 is 10.1 Å². The van der Waals surface area contributed by atoms with Gasteiger partial charge in [0.1, 0.15) is 16.8 Å². The van der Waals surface area contributed by atoms with Crippen LogP contribution >= 0.6 is 11.7 Å². The Balaban J connectivity index is 1.50. The molecule has 1 amide bonds. The summed E-state index contributed by atoms with van der Waals surface area (Å²) in [4.78, 5) is 16.7. The van der Waals surface area contributed by atoms with Gasteiger partial charge in [-0.25, -0.2) is 0 Å². The second-order valence-corrected chi connectivity index (χ2v) is 6.87. The number of amides is 1. The predicted molar refractivity (Wildman–Crippen MR) is 108 cm³/mol. The van der Waals surface area contributed by atoms with Crippen molar-refractivity contribution in [3.63, 3.8) is 0 Å². The van der Waals surface area contributed by atoms with E-state index in [4.69, 9.17) is 4.74 Å². The van der Waals surface area contributed by atoms with Crippen molar-refractivity contribution in [3.05, 3.63) is 83.7 Å². The molecule has 2 aromatic heterocycles. The molecule has 28 heavy (non-hydrogen) atoms. The molecule has 4 rings (SSSR count). The smallest absolute Gasteiger partial charge is 0.258 e. The number of pyridine rings is 1. The number of fused-ring (bicyclic) bond motifs is 1. The molecule has 6 nitrogen and oxygen atoms in total. The summed E-state index contributed by atoms with van der Waals surface area (Å²) in [6.07, 6.45) is 3.45. The van der Waals surface area contributed by atoms with Crippen molar-refractivity contribution in [3.8, 4) is 5.75 Å². The van der Waals surface area contributed by atoms with E-state index in [0.717, 1.165) is 39.5 Å². The molecule has 1 atom stereocenters. The number of ether oxygens (including phenoxy) is 1. The fourth-order valence-corrected chi connectivity index (χ4v) is 3.53. The minimum atomic E-state index is -0.273. The van der Waals surface area contributed by atoms with Crippen LogP contribution in [-0.4, -0.2) is 26.2 Å². The zero-order valence-electron chi connectivity index (χ0n) is 15.2. The van der Waals surface area contributed by atoms with Crippen LogP contribution in [0.5, 0.6) is 5.75 Å². The first-order valence-electron chi connectivity index (χ1n) is 8.80. The van der Waals surface area contributed by atoms with E-state index >= 15 is 0 Å². The number of rotatable bonds is 6. The number of nitrogens with zero attached hydrogens (tertiary/aromatic N) is 3. The van der Waals surface area contributed by atoms with E-state index in [-0.39, 0.29) is 18.6 Å². The Labute approximate surface area is 166 Å². The SMILES string of the molecule is Cc1ccccc1[C@@H](NC(=O)COc1ccc2nsnc2c1)c1ccncc1. The van der Waals surface area contributed by atoms with Crippen LogP contribution in [0.15, 0.2) is 67.0 Å². The number of carbonyl (C=O) groups excluding carboxylic acids is 1. The second kappa shape index (κ2) is 8.14. The summed E-state index contributed by atoms with van der Waals surface area (Å²) < 4.78 is 14.0. The van der Waals surface area contributed by atoms with Gasteiger partial charge in [0, 0.05) is 18.5 Å². The summed E-state index contributed by atoms with van der Waals surface area (Å²) >= 11 is 1.15. The molecule has 0 fully saturated rings. The maximum Gasteiger partial charge on any atom is 0.258 e. The van der Waals surface area contributed by atoms with Crippen LogP contribution in [0.2, 0.25) is 0 Å². The van der Waals surface area contributed by atoms with E-state index in [1.165, 1.54) is 0 Å². The molecule has 2 aromatic carbocycles. The second-order valence-electron chi connectivity index (χ2n) is 6.34. The molecule has 0 bridgehead atoms. The van der Waals surface area contributed by atoms with E-state index in [2.05, 4.69) is 19.0 Å². The molecule has 0 saturated heterocycles. The Hall–Kier alpha value is -3.32. The first kappa shape index (κ1) is 18.1. The number of nitrogens with one attached hydrogen (secondary N) is 1. The van der Waals surface area contributed by atoms with Crippen LogP contribution in [0, 0.1) is 6.92 Å². The zero-order valence-corrected chi connectivity index (χ0v) is 16.0. The highest BCUT2D eigenvalue weighted by atomic mass is 32.1. The molecular formula is C21H18N4O2S.